The maximum Gasteiger partial charge on any atom is 0.270 e. The number of nitrogens with zero attached hydrogens (tertiary/aromatic N) is 3. The van der Waals surface area contributed by atoms with Crippen LogP contribution in [0.4, 0.5) is 17.1 Å². The number of anilines is 2. The second-order valence-electron chi connectivity index (χ2n) is 8.07. The normalized spacial score (nSPS) is 13.7. The molecular weight excluding hydrogens is 458 g/mol. The molecule has 0 unspecified atom stereocenters. The van der Waals surface area contributed by atoms with Crippen LogP contribution < -0.4 is 14.9 Å². The molecule has 34 heavy (non-hydrogen) atoms. The number of rotatable bonds is 9. The Morgan fingerprint density at radius 2 is 1.85 bits per heavy atom. The zero-order valence-corrected chi connectivity index (χ0v) is 19.8. The Labute approximate surface area is 197 Å². The third kappa shape index (κ3) is 4.88. The van der Waals surface area contributed by atoms with E-state index < -0.39 is 14.9 Å². The van der Waals surface area contributed by atoms with Gasteiger partial charge in [0.1, 0.15) is 10.6 Å². The Morgan fingerprint density at radius 3 is 2.47 bits per heavy atom. The number of aromatic nitrogens is 1. The molecule has 0 amide bonds. The van der Waals surface area contributed by atoms with Crippen LogP contribution in [-0.2, 0) is 10.0 Å². The average molecular weight is 484 g/mol. The highest BCUT2D eigenvalue weighted by Crippen LogP contribution is 2.38. The van der Waals surface area contributed by atoms with Gasteiger partial charge in [0.2, 0.25) is 0 Å². The number of non-ortho nitro benzene ring substituents is 1. The highest BCUT2D eigenvalue weighted by molar-refractivity contribution is 7.92. The first-order valence-electron chi connectivity index (χ1n) is 10.6. The highest BCUT2D eigenvalue weighted by atomic mass is 32.2. The van der Waals surface area contributed by atoms with Crippen LogP contribution in [0.2, 0.25) is 0 Å². The van der Waals surface area contributed by atoms with Gasteiger partial charge < -0.3 is 9.30 Å². The summed E-state index contributed by atoms with van der Waals surface area (Å²) in [5.41, 5.74) is 5.93. The van der Waals surface area contributed by atoms with Gasteiger partial charge in [0, 0.05) is 40.8 Å². The zero-order chi connectivity index (χ0) is 24.5. The fraction of sp³-hybridized carbons (Fsp3) is 0.261. The molecule has 1 aliphatic rings. The lowest BCUT2D eigenvalue weighted by Crippen LogP contribution is -2.15. The summed E-state index contributed by atoms with van der Waals surface area (Å²) in [4.78, 5) is 10.3. The number of sulfonamides is 1. The lowest BCUT2D eigenvalue weighted by atomic mass is 10.2. The number of aryl methyl sites for hydroxylation is 1. The van der Waals surface area contributed by atoms with Crippen molar-refractivity contribution >= 4 is 33.3 Å². The second-order valence-corrected chi connectivity index (χ2v) is 9.72. The van der Waals surface area contributed by atoms with E-state index in [1.165, 1.54) is 31.4 Å². The van der Waals surface area contributed by atoms with Gasteiger partial charge in [-0.15, -0.1) is 0 Å². The first-order valence-corrected chi connectivity index (χ1v) is 12.1. The van der Waals surface area contributed by atoms with Crippen molar-refractivity contribution in [3.05, 3.63) is 75.6 Å². The van der Waals surface area contributed by atoms with Crippen LogP contribution >= 0.6 is 0 Å². The van der Waals surface area contributed by atoms with E-state index in [1.807, 2.05) is 19.9 Å². The Bertz CT molecular complexity index is 1360. The summed E-state index contributed by atoms with van der Waals surface area (Å²) in [6, 6.07) is 12.4. The van der Waals surface area contributed by atoms with Crippen molar-refractivity contribution in [1.82, 2.24) is 4.57 Å². The fourth-order valence-electron chi connectivity index (χ4n) is 3.81. The summed E-state index contributed by atoms with van der Waals surface area (Å²) in [5, 5.41) is 15.5. The molecule has 11 heteroatoms. The van der Waals surface area contributed by atoms with Crippen LogP contribution in [0.15, 0.2) is 58.5 Å². The van der Waals surface area contributed by atoms with Crippen LogP contribution in [0.3, 0.4) is 0 Å². The second kappa shape index (κ2) is 9.18. The van der Waals surface area contributed by atoms with Gasteiger partial charge in [-0.1, -0.05) is 0 Å². The summed E-state index contributed by atoms with van der Waals surface area (Å²) in [7, 11) is -2.66. The predicted molar refractivity (Wildman–Crippen MR) is 130 cm³/mol. The minimum atomic E-state index is -4.16. The molecule has 10 nitrogen and oxygen atoms in total. The summed E-state index contributed by atoms with van der Waals surface area (Å²) < 4.78 is 36.0. The molecule has 2 aromatic carbocycles. The molecule has 0 radical (unpaired) electrons. The summed E-state index contributed by atoms with van der Waals surface area (Å²) in [5.74, 6) is 0.566. The van der Waals surface area contributed by atoms with Gasteiger partial charge in [-0.2, -0.15) is 5.10 Å². The molecule has 178 valence electrons. The maximum atomic E-state index is 13.1. The number of hydrogen-bond donors (Lipinski definition) is 2. The monoisotopic (exact) mass is 483 g/mol. The van der Waals surface area contributed by atoms with Gasteiger partial charge in [0.15, 0.2) is 0 Å². The molecule has 2 N–H and O–H groups in total. The molecule has 1 fully saturated rings. The standard InChI is InChI=1S/C23H25N5O5S/c1-15-12-17(16(2)27(15)19-6-7-19)14-24-25-22-11-8-20(28(29)30)13-23(22)34(31,32)26-18-4-9-21(33-3)10-5-18/h4-5,8-14,19,25-26H,6-7H2,1-3H3/b24-14+. The van der Waals surface area contributed by atoms with Crippen LogP contribution in [-0.4, -0.2) is 31.2 Å². The maximum absolute atomic E-state index is 13.1. The number of methoxy groups -OCH3 is 1. The molecule has 1 heterocycles. The lowest BCUT2D eigenvalue weighted by Gasteiger charge is -2.12. The van der Waals surface area contributed by atoms with Crippen molar-refractivity contribution in [2.45, 2.75) is 37.6 Å². The van der Waals surface area contributed by atoms with Gasteiger partial charge in [-0.3, -0.25) is 20.3 Å². The Kier molecular flexibility index (Phi) is 6.29. The van der Waals surface area contributed by atoms with Gasteiger partial charge in [-0.25, -0.2) is 8.42 Å². The first kappa shape index (κ1) is 23.3. The number of nitro groups is 1. The molecule has 1 aliphatic carbocycles. The summed E-state index contributed by atoms with van der Waals surface area (Å²) in [6.07, 6.45) is 3.95. The van der Waals surface area contributed by atoms with E-state index in [2.05, 4.69) is 19.8 Å². The van der Waals surface area contributed by atoms with Gasteiger partial charge in [0.05, 0.1) is 23.9 Å². The summed E-state index contributed by atoms with van der Waals surface area (Å²) in [6.45, 7) is 4.06. The van der Waals surface area contributed by atoms with Gasteiger partial charge in [-0.05, 0) is 63.1 Å². The zero-order valence-electron chi connectivity index (χ0n) is 19.0. The summed E-state index contributed by atoms with van der Waals surface area (Å²) >= 11 is 0. The van der Waals surface area contributed by atoms with Crippen LogP contribution in [0.1, 0.15) is 35.8 Å². The quantitative estimate of drug-likeness (QED) is 0.260. The number of hydrogen-bond acceptors (Lipinski definition) is 7. The van der Waals surface area contributed by atoms with Crippen molar-refractivity contribution in [3.63, 3.8) is 0 Å². The Balaban J connectivity index is 1.62. The topological polar surface area (TPSA) is 128 Å². The van der Waals surface area contributed by atoms with E-state index in [0.29, 0.717) is 11.8 Å². The van der Waals surface area contributed by atoms with Crippen molar-refractivity contribution in [1.29, 1.82) is 0 Å². The number of ether oxygens (including phenoxy) is 1. The van der Waals surface area contributed by atoms with Crippen LogP contribution in [0.5, 0.6) is 5.75 Å². The minimum Gasteiger partial charge on any atom is -0.497 e. The van der Waals surface area contributed by atoms with Crippen molar-refractivity contribution in [3.8, 4) is 5.75 Å². The predicted octanol–water partition coefficient (Wildman–Crippen LogP) is 4.60. The molecule has 0 atom stereocenters. The highest BCUT2D eigenvalue weighted by Gasteiger charge is 2.27. The Morgan fingerprint density at radius 1 is 1.15 bits per heavy atom. The van der Waals surface area contributed by atoms with E-state index in [9.17, 15) is 18.5 Å². The largest absolute Gasteiger partial charge is 0.497 e. The average Bonchev–Trinajstić information content (AvgIpc) is 3.59. The molecular formula is C23H25N5O5S. The van der Waals surface area contributed by atoms with Crippen molar-refractivity contribution in [2.24, 2.45) is 5.10 Å². The molecule has 1 aromatic heterocycles. The van der Waals surface area contributed by atoms with Crippen LogP contribution in [0.25, 0.3) is 0 Å². The molecule has 0 bridgehead atoms. The number of benzene rings is 2. The lowest BCUT2D eigenvalue weighted by molar-refractivity contribution is -0.385. The molecule has 1 saturated carbocycles. The SMILES string of the molecule is COc1ccc(NS(=O)(=O)c2cc([N+](=O)[O-])ccc2N/N=C/c2cc(C)n(C3CC3)c2C)cc1. The van der Waals surface area contributed by atoms with Gasteiger partial charge in [0.25, 0.3) is 15.7 Å². The molecule has 4 rings (SSSR count). The third-order valence-electron chi connectivity index (χ3n) is 5.63. The minimum absolute atomic E-state index is 0.110. The van der Waals surface area contributed by atoms with E-state index in [4.69, 9.17) is 4.74 Å². The number of hydrazone groups is 1. The number of nitrogens with one attached hydrogen (secondary N) is 2. The molecule has 0 saturated heterocycles. The van der Waals surface area contributed by atoms with E-state index in [-0.39, 0.29) is 22.0 Å². The Hall–Kier alpha value is -3.86. The third-order valence-corrected chi connectivity index (χ3v) is 7.05. The smallest absolute Gasteiger partial charge is 0.270 e. The molecule has 0 spiro atoms. The van der Waals surface area contributed by atoms with Crippen molar-refractivity contribution < 1.29 is 18.1 Å². The van der Waals surface area contributed by atoms with Crippen LogP contribution in [0, 0.1) is 24.0 Å². The fourth-order valence-corrected chi connectivity index (χ4v) is 5.04. The first-order chi connectivity index (χ1) is 16.2. The van der Waals surface area contributed by atoms with E-state index >= 15 is 0 Å². The van der Waals surface area contributed by atoms with Crippen molar-refractivity contribution in [2.75, 3.05) is 17.3 Å². The molecule has 3 aromatic rings. The van der Waals surface area contributed by atoms with E-state index in [0.717, 1.165) is 35.9 Å². The van der Waals surface area contributed by atoms with Gasteiger partial charge >= 0.3 is 0 Å². The molecule has 0 aliphatic heterocycles. The number of nitro benzene ring substituents is 1. The van der Waals surface area contributed by atoms with E-state index in [1.54, 1.807) is 18.3 Å².